The molecule has 0 aromatic heterocycles. The number of amides is 3. The van der Waals surface area contributed by atoms with Gasteiger partial charge in [-0.1, -0.05) is 46.9 Å². The molecule has 174 valence electrons. The normalized spacial score (nSPS) is 15.9. The SMILES string of the molecule is CN1C(=O)/C(=N\C(CCl)N(c2ccc(Cl)cc2)c2ccc(Cl)cc2)N(c2ccccc2Cl)C1=O. The summed E-state index contributed by atoms with van der Waals surface area (Å²) in [4.78, 5) is 34.7. The van der Waals surface area contributed by atoms with Crippen LogP contribution in [0.2, 0.25) is 15.1 Å². The minimum atomic E-state index is -0.757. The average Bonchev–Trinajstić information content (AvgIpc) is 3.04. The molecule has 0 saturated carbocycles. The third-order valence-electron chi connectivity index (χ3n) is 5.20. The standard InChI is InChI=1S/C24H18Cl4N4O2/c1-30-23(33)22(32(24(30)34)20-5-3-2-4-19(20)28)29-21(14-25)31(17-10-6-15(26)7-11-17)18-12-8-16(27)9-13-18/h2-13,21H,14H2,1H3/b29-22+. The van der Waals surface area contributed by atoms with Crippen molar-refractivity contribution in [3.8, 4) is 0 Å². The molecule has 4 rings (SSSR count). The first-order valence-corrected chi connectivity index (χ1v) is 11.8. The highest BCUT2D eigenvalue weighted by atomic mass is 35.5. The van der Waals surface area contributed by atoms with Crippen molar-refractivity contribution < 1.29 is 9.59 Å². The molecule has 3 aromatic carbocycles. The van der Waals surface area contributed by atoms with Gasteiger partial charge in [-0.05, 0) is 60.7 Å². The molecule has 1 unspecified atom stereocenters. The lowest BCUT2D eigenvalue weighted by atomic mass is 10.2. The van der Waals surface area contributed by atoms with E-state index in [-0.39, 0.29) is 11.7 Å². The van der Waals surface area contributed by atoms with Crippen LogP contribution in [0.15, 0.2) is 77.8 Å². The van der Waals surface area contributed by atoms with Crippen molar-refractivity contribution in [2.45, 2.75) is 6.17 Å². The van der Waals surface area contributed by atoms with E-state index >= 15 is 0 Å². The topological polar surface area (TPSA) is 56.2 Å². The van der Waals surface area contributed by atoms with E-state index < -0.39 is 18.1 Å². The quantitative estimate of drug-likeness (QED) is 0.256. The minimum absolute atomic E-state index is 0.0102. The largest absolute Gasteiger partial charge is 0.337 e. The molecule has 1 saturated heterocycles. The fourth-order valence-corrected chi connectivity index (χ4v) is 4.21. The zero-order chi connectivity index (χ0) is 24.4. The molecule has 10 heteroatoms. The van der Waals surface area contributed by atoms with Crippen LogP contribution in [0.3, 0.4) is 0 Å². The van der Waals surface area contributed by atoms with E-state index in [0.717, 1.165) is 16.3 Å². The van der Waals surface area contributed by atoms with Crippen LogP contribution in [0.1, 0.15) is 0 Å². The Labute approximate surface area is 216 Å². The van der Waals surface area contributed by atoms with Gasteiger partial charge in [0.15, 0.2) is 0 Å². The minimum Gasteiger partial charge on any atom is -0.318 e. The number of halogens is 4. The fraction of sp³-hybridized carbons (Fsp3) is 0.125. The molecule has 1 aliphatic rings. The second-order valence-corrected chi connectivity index (χ2v) is 8.93. The maximum Gasteiger partial charge on any atom is 0.337 e. The van der Waals surface area contributed by atoms with E-state index in [1.807, 2.05) is 29.2 Å². The molecule has 3 amide bonds. The zero-order valence-corrected chi connectivity index (χ0v) is 20.9. The fourth-order valence-electron chi connectivity index (χ4n) is 3.54. The first-order valence-electron chi connectivity index (χ1n) is 10.1. The Morgan fingerprint density at radius 2 is 1.38 bits per heavy atom. The number of anilines is 3. The predicted octanol–water partition coefficient (Wildman–Crippen LogP) is 6.85. The summed E-state index contributed by atoms with van der Waals surface area (Å²) in [5.41, 5.74) is 1.82. The molecule has 1 fully saturated rings. The van der Waals surface area contributed by atoms with E-state index in [4.69, 9.17) is 46.4 Å². The van der Waals surface area contributed by atoms with Gasteiger partial charge in [0, 0.05) is 28.5 Å². The van der Waals surface area contributed by atoms with Crippen molar-refractivity contribution in [2.24, 2.45) is 4.99 Å². The van der Waals surface area contributed by atoms with Gasteiger partial charge in [0.2, 0.25) is 5.84 Å². The van der Waals surface area contributed by atoms with Crippen molar-refractivity contribution in [1.29, 1.82) is 0 Å². The Kier molecular flexibility index (Phi) is 7.33. The van der Waals surface area contributed by atoms with Crippen LogP contribution in [0, 0.1) is 0 Å². The molecule has 34 heavy (non-hydrogen) atoms. The van der Waals surface area contributed by atoms with Gasteiger partial charge in [0.05, 0.1) is 16.6 Å². The number of rotatable bonds is 6. The van der Waals surface area contributed by atoms with Crippen LogP contribution in [-0.2, 0) is 4.79 Å². The monoisotopic (exact) mass is 534 g/mol. The number of alkyl halides is 1. The highest BCUT2D eigenvalue weighted by Gasteiger charge is 2.43. The van der Waals surface area contributed by atoms with Crippen molar-refractivity contribution >= 4 is 81.2 Å². The molecule has 1 atom stereocenters. The Hall–Kier alpha value is -2.77. The average molecular weight is 536 g/mol. The van der Waals surface area contributed by atoms with E-state index in [9.17, 15) is 9.59 Å². The third kappa shape index (κ3) is 4.72. The maximum atomic E-state index is 13.0. The number of benzene rings is 3. The molecular formula is C24H18Cl4N4O2. The molecule has 0 aliphatic carbocycles. The number of hydrogen-bond acceptors (Lipinski definition) is 4. The van der Waals surface area contributed by atoms with Gasteiger partial charge in [0.25, 0.3) is 5.91 Å². The first-order chi connectivity index (χ1) is 16.3. The van der Waals surface area contributed by atoms with Crippen molar-refractivity contribution in [1.82, 2.24) is 4.90 Å². The van der Waals surface area contributed by atoms with Crippen LogP contribution in [0.25, 0.3) is 0 Å². The summed E-state index contributed by atoms with van der Waals surface area (Å²) in [5, 5.41) is 1.44. The van der Waals surface area contributed by atoms with Crippen molar-refractivity contribution in [3.63, 3.8) is 0 Å². The van der Waals surface area contributed by atoms with Crippen molar-refractivity contribution in [2.75, 3.05) is 22.7 Å². The number of carbonyl (C=O) groups excluding carboxylic acids is 2. The van der Waals surface area contributed by atoms with Crippen LogP contribution in [0.5, 0.6) is 0 Å². The lowest BCUT2D eigenvalue weighted by Gasteiger charge is -2.31. The highest BCUT2D eigenvalue weighted by Crippen LogP contribution is 2.33. The smallest absolute Gasteiger partial charge is 0.318 e. The van der Waals surface area contributed by atoms with Crippen LogP contribution in [-0.4, -0.2) is 41.8 Å². The number of para-hydroxylation sites is 1. The molecule has 0 N–H and O–H groups in total. The van der Waals surface area contributed by atoms with E-state index in [1.54, 1.807) is 48.5 Å². The number of carbonyl (C=O) groups is 2. The number of nitrogens with zero attached hydrogens (tertiary/aromatic N) is 4. The molecule has 0 spiro atoms. The summed E-state index contributed by atoms with van der Waals surface area (Å²) in [5.74, 6) is -0.637. The molecule has 1 heterocycles. The number of likely N-dealkylation sites (N-methyl/N-ethyl adjacent to an activating group) is 1. The number of aliphatic imine (C=N–C) groups is 1. The number of hydrogen-bond donors (Lipinski definition) is 0. The van der Waals surface area contributed by atoms with Gasteiger partial charge in [-0.25, -0.2) is 14.7 Å². The number of urea groups is 1. The van der Waals surface area contributed by atoms with E-state index in [2.05, 4.69) is 4.99 Å². The van der Waals surface area contributed by atoms with Gasteiger partial charge in [0.1, 0.15) is 6.17 Å². The molecule has 6 nitrogen and oxygen atoms in total. The summed E-state index contributed by atoms with van der Waals surface area (Å²) in [6.45, 7) is 0. The van der Waals surface area contributed by atoms with Gasteiger partial charge in [-0.15, -0.1) is 11.6 Å². The maximum absolute atomic E-state index is 13.0. The van der Waals surface area contributed by atoms with E-state index in [0.29, 0.717) is 20.8 Å². The van der Waals surface area contributed by atoms with Crippen molar-refractivity contribution in [3.05, 3.63) is 87.9 Å². The molecule has 0 radical (unpaired) electrons. The summed E-state index contributed by atoms with van der Waals surface area (Å²) in [6.07, 6.45) is -0.757. The van der Waals surface area contributed by atoms with Gasteiger partial charge < -0.3 is 4.90 Å². The summed E-state index contributed by atoms with van der Waals surface area (Å²) >= 11 is 24.9. The van der Waals surface area contributed by atoms with E-state index in [1.165, 1.54) is 11.9 Å². The predicted molar refractivity (Wildman–Crippen MR) is 139 cm³/mol. The summed E-state index contributed by atoms with van der Waals surface area (Å²) in [7, 11) is 1.39. The highest BCUT2D eigenvalue weighted by molar-refractivity contribution is 6.55. The number of amidine groups is 1. The Morgan fingerprint density at radius 1 is 0.853 bits per heavy atom. The zero-order valence-electron chi connectivity index (χ0n) is 17.8. The second kappa shape index (κ2) is 10.2. The Balaban J connectivity index is 1.85. The van der Waals surface area contributed by atoms with Crippen LogP contribution >= 0.6 is 46.4 Å². The Bertz CT molecular complexity index is 1200. The van der Waals surface area contributed by atoms with Gasteiger partial charge in [-0.2, -0.15) is 0 Å². The Morgan fingerprint density at radius 3 is 1.88 bits per heavy atom. The number of imide groups is 1. The molecular weight excluding hydrogens is 518 g/mol. The second-order valence-electron chi connectivity index (χ2n) is 7.34. The van der Waals surface area contributed by atoms with Crippen LogP contribution < -0.4 is 9.80 Å². The first kappa shape index (κ1) is 24.4. The summed E-state index contributed by atoms with van der Waals surface area (Å²) in [6, 6.07) is 20.4. The summed E-state index contributed by atoms with van der Waals surface area (Å²) < 4.78 is 0. The lowest BCUT2D eigenvalue weighted by molar-refractivity contribution is -0.119. The lowest BCUT2D eigenvalue weighted by Crippen LogP contribution is -2.37. The van der Waals surface area contributed by atoms with Crippen LogP contribution in [0.4, 0.5) is 21.9 Å². The van der Waals surface area contributed by atoms with Gasteiger partial charge >= 0.3 is 6.03 Å². The molecule has 0 bridgehead atoms. The van der Waals surface area contributed by atoms with Gasteiger partial charge in [-0.3, -0.25) is 9.69 Å². The third-order valence-corrected chi connectivity index (χ3v) is 6.30. The molecule has 1 aliphatic heterocycles. The molecule has 3 aromatic rings.